The van der Waals surface area contributed by atoms with Crippen molar-refractivity contribution in [1.29, 1.82) is 0 Å². The van der Waals surface area contributed by atoms with Crippen LogP contribution in [0.25, 0.3) is 0 Å². The van der Waals surface area contributed by atoms with Gasteiger partial charge in [0.15, 0.2) is 11.5 Å². The lowest BCUT2D eigenvalue weighted by Gasteiger charge is -2.17. The van der Waals surface area contributed by atoms with E-state index in [4.69, 9.17) is 9.47 Å². The number of anilines is 1. The van der Waals surface area contributed by atoms with E-state index in [2.05, 4.69) is 5.32 Å². The Hall–Kier alpha value is -3.02. The van der Waals surface area contributed by atoms with E-state index in [1.54, 1.807) is 17.0 Å². The molecule has 1 atom stereocenters. The van der Waals surface area contributed by atoms with E-state index in [0.717, 1.165) is 11.3 Å². The molecule has 2 heterocycles. The molecule has 0 saturated carbocycles. The quantitative estimate of drug-likeness (QED) is 0.917. The highest BCUT2D eigenvalue weighted by atomic mass is 16.7. The monoisotopic (exact) mass is 352 g/mol. The Kier molecular flexibility index (Phi) is 4.24. The molecule has 26 heavy (non-hydrogen) atoms. The number of benzene rings is 2. The van der Waals surface area contributed by atoms with Crippen LogP contribution in [-0.4, -0.2) is 25.2 Å². The predicted octanol–water partition coefficient (Wildman–Crippen LogP) is 2.39. The number of carbonyl (C=O) groups excluding carboxylic acids is 2. The fraction of sp³-hybridized carbons (Fsp3) is 0.300. The zero-order valence-electron chi connectivity index (χ0n) is 14.5. The van der Waals surface area contributed by atoms with Gasteiger partial charge in [0.1, 0.15) is 0 Å². The highest BCUT2D eigenvalue weighted by Crippen LogP contribution is 2.37. The van der Waals surface area contributed by atoms with Crippen molar-refractivity contribution in [3.8, 4) is 11.5 Å². The van der Waals surface area contributed by atoms with E-state index in [1.807, 2.05) is 37.3 Å². The zero-order chi connectivity index (χ0) is 18.1. The van der Waals surface area contributed by atoms with Crippen molar-refractivity contribution < 1.29 is 19.1 Å². The first-order valence-corrected chi connectivity index (χ1v) is 8.63. The average molecular weight is 352 g/mol. The number of nitrogens with one attached hydrogen (secondary N) is 1. The summed E-state index contributed by atoms with van der Waals surface area (Å²) in [4.78, 5) is 26.5. The molecule has 6 nitrogen and oxygen atoms in total. The Morgan fingerprint density at radius 3 is 2.73 bits per heavy atom. The number of amides is 2. The lowest BCUT2D eigenvalue weighted by molar-refractivity contribution is -0.126. The molecule has 2 amide bonds. The lowest BCUT2D eigenvalue weighted by atomic mass is 10.1. The molecule has 0 radical (unpaired) electrons. The molecule has 0 spiro atoms. The zero-order valence-corrected chi connectivity index (χ0v) is 14.5. The van der Waals surface area contributed by atoms with Gasteiger partial charge in [0.25, 0.3) is 0 Å². The molecule has 2 aromatic rings. The normalized spacial score (nSPS) is 18.3. The van der Waals surface area contributed by atoms with Crippen LogP contribution in [0.4, 0.5) is 5.69 Å². The van der Waals surface area contributed by atoms with Crippen LogP contribution in [0.2, 0.25) is 0 Å². The van der Waals surface area contributed by atoms with E-state index in [9.17, 15) is 9.59 Å². The third-order valence-electron chi connectivity index (χ3n) is 4.75. The maximum Gasteiger partial charge on any atom is 0.231 e. The first kappa shape index (κ1) is 16.4. The van der Waals surface area contributed by atoms with E-state index in [-0.39, 0.29) is 30.9 Å². The van der Waals surface area contributed by atoms with Gasteiger partial charge in [0.2, 0.25) is 18.6 Å². The highest BCUT2D eigenvalue weighted by Gasteiger charge is 2.35. The van der Waals surface area contributed by atoms with Crippen molar-refractivity contribution in [2.75, 3.05) is 18.2 Å². The Bertz CT molecular complexity index is 847. The SMILES string of the molecule is Cc1ccc(CNC(=O)C2CC(=O)N(c3ccc4c(c3)OCO4)C2)cc1. The van der Waals surface area contributed by atoms with Crippen LogP contribution < -0.4 is 19.7 Å². The molecule has 134 valence electrons. The number of hydrogen-bond acceptors (Lipinski definition) is 4. The average Bonchev–Trinajstić information content (AvgIpc) is 3.26. The molecule has 4 rings (SSSR count). The summed E-state index contributed by atoms with van der Waals surface area (Å²) in [6.07, 6.45) is 0.216. The van der Waals surface area contributed by atoms with Gasteiger partial charge in [0.05, 0.1) is 5.92 Å². The molecule has 0 aromatic heterocycles. The van der Waals surface area contributed by atoms with Crippen molar-refractivity contribution in [1.82, 2.24) is 5.32 Å². The van der Waals surface area contributed by atoms with E-state index >= 15 is 0 Å². The van der Waals surface area contributed by atoms with Crippen molar-refractivity contribution in [3.05, 3.63) is 53.6 Å². The van der Waals surface area contributed by atoms with Gasteiger partial charge >= 0.3 is 0 Å². The predicted molar refractivity (Wildman–Crippen MR) is 96.1 cm³/mol. The number of rotatable bonds is 4. The molecule has 6 heteroatoms. The topological polar surface area (TPSA) is 67.9 Å². The molecule has 1 fully saturated rings. The van der Waals surface area contributed by atoms with Crippen LogP contribution in [0.5, 0.6) is 11.5 Å². The summed E-state index contributed by atoms with van der Waals surface area (Å²) in [6, 6.07) is 13.4. The summed E-state index contributed by atoms with van der Waals surface area (Å²) in [7, 11) is 0. The van der Waals surface area contributed by atoms with Gasteiger partial charge in [-0.25, -0.2) is 0 Å². The highest BCUT2D eigenvalue weighted by molar-refractivity contribution is 6.00. The summed E-state index contributed by atoms with van der Waals surface area (Å²) in [5.74, 6) is 0.801. The van der Waals surface area contributed by atoms with Crippen LogP contribution in [0.3, 0.4) is 0 Å². The molecule has 1 saturated heterocycles. The van der Waals surface area contributed by atoms with Crippen LogP contribution in [-0.2, 0) is 16.1 Å². The Morgan fingerprint density at radius 1 is 1.15 bits per heavy atom. The number of fused-ring (bicyclic) bond motifs is 1. The molecular formula is C20H20N2O4. The third-order valence-corrected chi connectivity index (χ3v) is 4.75. The minimum absolute atomic E-state index is 0.0562. The van der Waals surface area contributed by atoms with Crippen molar-refractivity contribution in [2.45, 2.75) is 19.9 Å². The molecule has 2 aliphatic heterocycles. The first-order chi connectivity index (χ1) is 12.6. The molecule has 0 bridgehead atoms. The molecule has 2 aromatic carbocycles. The number of aryl methyl sites for hydroxylation is 1. The fourth-order valence-corrected chi connectivity index (χ4v) is 3.23. The van der Waals surface area contributed by atoms with Crippen molar-refractivity contribution in [3.63, 3.8) is 0 Å². The van der Waals surface area contributed by atoms with Crippen LogP contribution >= 0.6 is 0 Å². The molecule has 0 aliphatic carbocycles. The van der Waals surface area contributed by atoms with Crippen molar-refractivity contribution >= 4 is 17.5 Å². The summed E-state index contributed by atoms with van der Waals surface area (Å²) in [5.41, 5.74) is 2.95. The molecule has 1 unspecified atom stereocenters. The van der Waals surface area contributed by atoms with E-state index in [1.165, 1.54) is 5.56 Å². The maximum absolute atomic E-state index is 12.5. The van der Waals surface area contributed by atoms with E-state index in [0.29, 0.717) is 24.6 Å². The summed E-state index contributed by atoms with van der Waals surface area (Å²) < 4.78 is 10.7. The summed E-state index contributed by atoms with van der Waals surface area (Å²) in [6.45, 7) is 3.06. The molecule has 2 aliphatic rings. The molecule has 1 N–H and O–H groups in total. The van der Waals surface area contributed by atoms with Crippen LogP contribution in [0, 0.1) is 12.8 Å². The Morgan fingerprint density at radius 2 is 1.92 bits per heavy atom. The van der Waals surface area contributed by atoms with Gasteiger partial charge in [-0.3, -0.25) is 9.59 Å². The minimum atomic E-state index is -0.349. The second-order valence-electron chi connectivity index (χ2n) is 6.65. The number of hydrogen-bond donors (Lipinski definition) is 1. The van der Waals surface area contributed by atoms with Gasteiger partial charge in [0, 0.05) is 31.3 Å². The molecular weight excluding hydrogens is 332 g/mol. The Balaban J connectivity index is 1.39. The number of carbonyl (C=O) groups is 2. The van der Waals surface area contributed by atoms with Crippen LogP contribution in [0.15, 0.2) is 42.5 Å². The summed E-state index contributed by atoms with van der Waals surface area (Å²) >= 11 is 0. The smallest absolute Gasteiger partial charge is 0.231 e. The first-order valence-electron chi connectivity index (χ1n) is 8.63. The van der Waals surface area contributed by atoms with Gasteiger partial charge in [-0.1, -0.05) is 29.8 Å². The third kappa shape index (κ3) is 3.22. The van der Waals surface area contributed by atoms with Crippen molar-refractivity contribution in [2.24, 2.45) is 5.92 Å². The Labute approximate surface area is 151 Å². The van der Waals surface area contributed by atoms with Gasteiger partial charge in [-0.2, -0.15) is 0 Å². The van der Waals surface area contributed by atoms with Gasteiger partial charge in [-0.05, 0) is 24.6 Å². The number of ether oxygens (including phenoxy) is 2. The lowest BCUT2D eigenvalue weighted by Crippen LogP contribution is -2.32. The minimum Gasteiger partial charge on any atom is -0.454 e. The second kappa shape index (κ2) is 6.71. The largest absolute Gasteiger partial charge is 0.454 e. The van der Waals surface area contributed by atoms with Gasteiger partial charge in [-0.15, -0.1) is 0 Å². The standard InChI is InChI=1S/C20H20N2O4/c1-13-2-4-14(5-3-13)10-21-20(24)15-8-19(23)22(11-15)16-6-7-17-18(9-16)26-12-25-17/h2-7,9,15H,8,10-12H2,1H3,(H,21,24). The second-order valence-corrected chi connectivity index (χ2v) is 6.65. The van der Waals surface area contributed by atoms with Crippen LogP contribution in [0.1, 0.15) is 17.5 Å². The fourth-order valence-electron chi connectivity index (χ4n) is 3.23. The maximum atomic E-state index is 12.5. The number of nitrogens with zero attached hydrogens (tertiary/aromatic N) is 1. The van der Waals surface area contributed by atoms with E-state index < -0.39 is 0 Å². The summed E-state index contributed by atoms with van der Waals surface area (Å²) in [5, 5.41) is 2.93. The van der Waals surface area contributed by atoms with Gasteiger partial charge < -0.3 is 19.7 Å².